The second-order valence-electron chi connectivity index (χ2n) is 5.41. The minimum atomic E-state index is -0.944. The van der Waals surface area contributed by atoms with E-state index < -0.39 is 5.97 Å². The van der Waals surface area contributed by atoms with Crippen molar-refractivity contribution in [3.8, 4) is 0 Å². The van der Waals surface area contributed by atoms with Gasteiger partial charge in [-0.15, -0.1) is 11.3 Å². The average Bonchev–Trinajstić information content (AvgIpc) is 2.84. The zero-order valence-electron chi connectivity index (χ0n) is 12.4. The van der Waals surface area contributed by atoms with Crippen LogP contribution in [0.15, 0.2) is 18.2 Å². The Labute approximate surface area is 132 Å². The van der Waals surface area contributed by atoms with Crippen molar-refractivity contribution < 1.29 is 14.7 Å². The number of rotatable bonds is 2. The molecule has 1 aliphatic rings. The van der Waals surface area contributed by atoms with Crippen LogP contribution in [0.3, 0.4) is 0 Å². The Hall–Kier alpha value is -2.21. The van der Waals surface area contributed by atoms with Crippen LogP contribution >= 0.6 is 11.3 Å². The Morgan fingerprint density at radius 1 is 1.27 bits per heavy atom. The predicted molar refractivity (Wildman–Crippen MR) is 83.4 cm³/mol. The van der Waals surface area contributed by atoms with Crippen molar-refractivity contribution >= 4 is 23.2 Å². The summed E-state index contributed by atoms with van der Waals surface area (Å²) in [7, 11) is 0. The van der Waals surface area contributed by atoms with Crippen molar-refractivity contribution in [1.29, 1.82) is 0 Å². The topological polar surface area (TPSA) is 70.5 Å². The van der Waals surface area contributed by atoms with Gasteiger partial charge in [0.25, 0.3) is 5.91 Å². The molecule has 1 amide bonds. The summed E-state index contributed by atoms with van der Waals surface area (Å²) in [5.74, 6) is -0.963. The molecule has 1 aromatic heterocycles. The van der Waals surface area contributed by atoms with Crippen LogP contribution in [-0.2, 0) is 13.0 Å². The molecule has 0 atom stereocenters. The molecule has 0 radical (unpaired) electrons. The van der Waals surface area contributed by atoms with Gasteiger partial charge in [0.1, 0.15) is 4.88 Å². The molecule has 0 bridgehead atoms. The fraction of sp³-hybridized carbons (Fsp3) is 0.312. The van der Waals surface area contributed by atoms with E-state index in [0.29, 0.717) is 18.0 Å². The molecule has 114 valence electrons. The zero-order valence-corrected chi connectivity index (χ0v) is 13.2. The number of aryl methyl sites for hydroxylation is 2. The molecule has 5 nitrogen and oxygen atoms in total. The number of hydrogen-bond donors (Lipinski definition) is 1. The number of amides is 1. The fourth-order valence-electron chi connectivity index (χ4n) is 2.74. The first-order valence-electron chi connectivity index (χ1n) is 7.04. The first-order chi connectivity index (χ1) is 10.5. The van der Waals surface area contributed by atoms with E-state index in [-0.39, 0.29) is 11.5 Å². The number of aromatic nitrogens is 1. The van der Waals surface area contributed by atoms with Crippen molar-refractivity contribution in [3.63, 3.8) is 0 Å². The van der Waals surface area contributed by atoms with Gasteiger partial charge in [-0.05, 0) is 43.5 Å². The number of carbonyl (C=O) groups excluding carboxylic acids is 1. The number of carboxylic acid groups (broad SMARTS) is 1. The van der Waals surface area contributed by atoms with Crippen LogP contribution in [0.1, 0.15) is 41.9 Å². The van der Waals surface area contributed by atoms with Crippen molar-refractivity contribution in [2.45, 2.75) is 26.8 Å². The summed E-state index contributed by atoms with van der Waals surface area (Å²) in [6, 6.07) is 5.14. The SMILES string of the molecule is Cc1nc(C)c(C(=O)N2CCc3ccc(C(=O)O)cc3C2)s1. The minimum Gasteiger partial charge on any atom is -0.478 e. The smallest absolute Gasteiger partial charge is 0.335 e. The number of hydrogen-bond acceptors (Lipinski definition) is 4. The maximum absolute atomic E-state index is 12.6. The number of benzene rings is 1. The van der Waals surface area contributed by atoms with E-state index in [0.717, 1.165) is 28.2 Å². The molecular formula is C16H16N2O3S. The van der Waals surface area contributed by atoms with E-state index in [4.69, 9.17) is 5.11 Å². The van der Waals surface area contributed by atoms with Crippen LogP contribution in [0.5, 0.6) is 0 Å². The molecule has 0 unspecified atom stereocenters. The Morgan fingerprint density at radius 3 is 2.68 bits per heavy atom. The second-order valence-corrected chi connectivity index (χ2v) is 6.62. The molecule has 0 saturated carbocycles. The van der Waals surface area contributed by atoms with Gasteiger partial charge in [-0.3, -0.25) is 4.79 Å². The van der Waals surface area contributed by atoms with Gasteiger partial charge in [0.15, 0.2) is 0 Å². The van der Waals surface area contributed by atoms with Crippen molar-refractivity contribution in [2.75, 3.05) is 6.54 Å². The highest BCUT2D eigenvalue weighted by atomic mass is 32.1. The standard InChI is InChI=1S/C16H16N2O3S/c1-9-14(22-10(2)17-9)15(19)18-6-5-11-3-4-12(16(20)21)7-13(11)8-18/h3-4,7H,5-6,8H2,1-2H3,(H,20,21). The third kappa shape index (κ3) is 2.62. The van der Waals surface area contributed by atoms with E-state index in [1.165, 1.54) is 11.3 Å². The van der Waals surface area contributed by atoms with Gasteiger partial charge >= 0.3 is 5.97 Å². The lowest BCUT2D eigenvalue weighted by Crippen LogP contribution is -2.36. The van der Waals surface area contributed by atoms with Gasteiger partial charge in [0, 0.05) is 13.1 Å². The van der Waals surface area contributed by atoms with Crippen molar-refractivity contribution in [2.24, 2.45) is 0 Å². The number of aromatic carboxylic acids is 1. The number of nitrogens with zero attached hydrogens (tertiary/aromatic N) is 2. The molecule has 2 aromatic rings. The average molecular weight is 316 g/mol. The molecule has 3 rings (SSSR count). The summed E-state index contributed by atoms with van der Waals surface area (Å²) in [6.07, 6.45) is 0.748. The van der Waals surface area contributed by atoms with E-state index in [9.17, 15) is 9.59 Å². The summed E-state index contributed by atoms with van der Waals surface area (Å²) < 4.78 is 0. The lowest BCUT2D eigenvalue weighted by Gasteiger charge is -2.28. The Bertz CT molecular complexity index is 767. The summed E-state index contributed by atoms with van der Waals surface area (Å²) >= 11 is 1.41. The summed E-state index contributed by atoms with van der Waals surface area (Å²) in [5.41, 5.74) is 3.06. The molecule has 1 aromatic carbocycles. The molecule has 6 heteroatoms. The van der Waals surface area contributed by atoms with Crippen LogP contribution in [0.2, 0.25) is 0 Å². The number of fused-ring (bicyclic) bond motifs is 1. The van der Waals surface area contributed by atoms with Crippen LogP contribution in [0.25, 0.3) is 0 Å². The van der Waals surface area contributed by atoms with E-state index in [1.807, 2.05) is 19.9 Å². The highest BCUT2D eigenvalue weighted by Crippen LogP contribution is 2.25. The number of thiazole rings is 1. The lowest BCUT2D eigenvalue weighted by atomic mass is 9.97. The molecule has 0 fully saturated rings. The number of carboxylic acids is 1. The second kappa shape index (κ2) is 5.53. The Balaban J connectivity index is 1.87. The van der Waals surface area contributed by atoms with Crippen molar-refractivity contribution in [1.82, 2.24) is 9.88 Å². The number of carbonyl (C=O) groups is 2. The molecule has 1 N–H and O–H groups in total. The van der Waals surface area contributed by atoms with E-state index in [1.54, 1.807) is 17.0 Å². The first kappa shape index (κ1) is 14.7. The summed E-state index contributed by atoms with van der Waals surface area (Å²) in [4.78, 5) is 30.5. The van der Waals surface area contributed by atoms with Crippen LogP contribution < -0.4 is 0 Å². The van der Waals surface area contributed by atoms with Gasteiger partial charge in [-0.1, -0.05) is 6.07 Å². The molecular weight excluding hydrogens is 300 g/mol. The fourth-order valence-corrected chi connectivity index (χ4v) is 3.62. The molecule has 22 heavy (non-hydrogen) atoms. The van der Waals surface area contributed by atoms with Gasteiger partial charge in [0.2, 0.25) is 0 Å². The molecule has 2 heterocycles. The Morgan fingerprint density at radius 2 is 2.05 bits per heavy atom. The van der Waals surface area contributed by atoms with Gasteiger partial charge in [-0.25, -0.2) is 9.78 Å². The van der Waals surface area contributed by atoms with Gasteiger partial charge < -0.3 is 10.0 Å². The molecule has 0 spiro atoms. The van der Waals surface area contributed by atoms with Crippen LogP contribution in [-0.4, -0.2) is 33.4 Å². The third-order valence-corrected chi connectivity index (χ3v) is 4.91. The third-order valence-electron chi connectivity index (χ3n) is 3.85. The van der Waals surface area contributed by atoms with Crippen LogP contribution in [0.4, 0.5) is 0 Å². The molecule has 0 aliphatic carbocycles. The van der Waals surface area contributed by atoms with Crippen molar-refractivity contribution in [3.05, 3.63) is 50.5 Å². The van der Waals surface area contributed by atoms with E-state index >= 15 is 0 Å². The predicted octanol–water partition coefficient (Wildman–Crippen LogP) is 2.66. The van der Waals surface area contributed by atoms with Gasteiger partial charge in [-0.2, -0.15) is 0 Å². The summed E-state index contributed by atoms with van der Waals surface area (Å²) in [6.45, 7) is 4.83. The highest BCUT2D eigenvalue weighted by Gasteiger charge is 2.25. The maximum atomic E-state index is 12.6. The summed E-state index contributed by atoms with van der Waals surface area (Å²) in [5, 5.41) is 9.97. The van der Waals surface area contributed by atoms with E-state index in [2.05, 4.69) is 4.98 Å². The lowest BCUT2D eigenvalue weighted by molar-refractivity contribution is 0.0696. The largest absolute Gasteiger partial charge is 0.478 e. The highest BCUT2D eigenvalue weighted by molar-refractivity contribution is 7.13. The quantitative estimate of drug-likeness (QED) is 0.924. The van der Waals surface area contributed by atoms with Crippen LogP contribution in [0, 0.1) is 13.8 Å². The normalized spacial score (nSPS) is 13.8. The zero-order chi connectivity index (χ0) is 15.9. The monoisotopic (exact) mass is 316 g/mol. The van der Waals surface area contributed by atoms with Gasteiger partial charge in [0.05, 0.1) is 16.3 Å². The minimum absolute atomic E-state index is 0.0190. The molecule has 0 saturated heterocycles. The first-order valence-corrected chi connectivity index (χ1v) is 7.86. The Kier molecular flexibility index (Phi) is 3.70. The maximum Gasteiger partial charge on any atom is 0.335 e. The molecule has 1 aliphatic heterocycles.